The lowest BCUT2D eigenvalue weighted by Gasteiger charge is -2.36. The average Bonchev–Trinajstić information content (AvgIpc) is 3.23. The molecule has 7 nitrogen and oxygen atoms in total. The lowest BCUT2D eigenvalue weighted by molar-refractivity contribution is -0.119. The van der Waals surface area contributed by atoms with E-state index in [4.69, 9.17) is 15.2 Å². The third kappa shape index (κ3) is 4.95. The number of hydrogen-bond donors (Lipinski definition) is 2. The van der Waals surface area contributed by atoms with E-state index in [-0.39, 0.29) is 6.10 Å². The summed E-state index contributed by atoms with van der Waals surface area (Å²) < 4.78 is 11.4. The Morgan fingerprint density at radius 1 is 1.18 bits per heavy atom. The van der Waals surface area contributed by atoms with Crippen molar-refractivity contribution in [1.82, 2.24) is 10.2 Å². The molecule has 1 aliphatic carbocycles. The first-order valence-corrected chi connectivity index (χ1v) is 10.2. The summed E-state index contributed by atoms with van der Waals surface area (Å²) in [5.41, 5.74) is 5.61. The van der Waals surface area contributed by atoms with E-state index < -0.39 is 17.9 Å². The van der Waals surface area contributed by atoms with Crippen LogP contribution in [0.25, 0.3) is 0 Å². The second kappa shape index (κ2) is 9.28. The first kappa shape index (κ1) is 20.5. The molecule has 2 amide bonds. The Hall–Kier alpha value is -2.28. The number of piperidine rings is 1. The Balaban J connectivity index is 1.66. The Kier molecular flexibility index (Phi) is 6.78. The molecule has 1 atom stereocenters. The quantitative estimate of drug-likeness (QED) is 0.745. The minimum absolute atomic E-state index is 0.0751. The first-order chi connectivity index (χ1) is 13.5. The number of benzene rings is 1. The Morgan fingerprint density at radius 3 is 2.46 bits per heavy atom. The molecule has 154 valence electrons. The summed E-state index contributed by atoms with van der Waals surface area (Å²) in [6.45, 7) is 3.62. The summed E-state index contributed by atoms with van der Waals surface area (Å²) in [6, 6.07) is 5.13. The van der Waals surface area contributed by atoms with Crippen LogP contribution in [0.2, 0.25) is 0 Å². The van der Waals surface area contributed by atoms with Gasteiger partial charge in [0.2, 0.25) is 5.91 Å². The van der Waals surface area contributed by atoms with Crippen LogP contribution in [0.4, 0.5) is 0 Å². The summed E-state index contributed by atoms with van der Waals surface area (Å²) in [6.07, 6.45) is 7.28. The van der Waals surface area contributed by atoms with Crippen molar-refractivity contribution in [2.45, 2.75) is 63.6 Å². The highest BCUT2D eigenvalue weighted by Crippen LogP contribution is 2.30. The van der Waals surface area contributed by atoms with E-state index in [0.29, 0.717) is 17.1 Å². The monoisotopic (exact) mass is 389 g/mol. The lowest BCUT2D eigenvalue weighted by atomic mass is 10.0. The Labute approximate surface area is 166 Å². The number of nitrogens with two attached hydrogens (primary N) is 1. The van der Waals surface area contributed by atoms with Crippen LogP contribution < -0.4 is 20.5 Å². The van der Waals surface area contributed by atoms with Crippen molar-refractivity contribution in [2.24, 2.45) is 5.73 Å². The molecule has 1 aromatic rings. The van der Waals surface area contributed by atoms with E-state index in [1.165, 1.54) is 25.7 Å². The van der Waals surface area contributed by atoms with Gasteiger partial charge in [-0.1, -0.05) is 12.8 Å². The fraction of sp³-hybridized carbons (Fsp3) is 0.619. The van der Waals surface area contributed by atoms with Crippen LogP contribution in [-0.2, 0) is 4.79 Å². The van der Waals surface area contributed by atoms with Crippen molar-refractivity contribution in [3.8, 4) is 11.5 Å². The van der Waals surface area contributed by atoms with E-state index in [1.54, 1.807) is 32.2 Å². The van der Waals surface area contributed by atoms with Gasteiger partial charge in [-0.15, -0.1) is 0 Å². The molecule has 7 heteroatoms. The number of rotatable bonds is 7. The van der Waals surface area contributed by atoms with Crippen LogP contribution in [0.1, 0.15) is 55.8 Å². The highest BCUT2D eigenvalue weighted by atomic mass is 16.5. The van der Waals surface area contributed by atoms with E-state index in [9.17, 15) is 9.59 Å². The fourth-order valence-electron chi connectivity index (χ4n) is 4.07. The molecule has 28 heavy (non-hydrogen) atoms. The number of nitrogens with one attached hydrogen (secondary N) is 1. The third-order valence-electron chi connectivity index (χ3n) is 5.82. The molecule has 1 heterocycles. The zero-order chi connectivity index (χ0) is 20.1. The molecule has 2 aliphatic rings. The summed E-state index contributed by atoms with van der Waals surface area (Å²) >= 11 is 0. The van der Waals surface area contributed by atoms with Gasteiger partial charge in [-0.05, 0) is 50.8 Å². The molecule has 0 radical (unpaired) electrons. The van der Waals surface area contributed by atoms with Gasteiger partial charge in [0.05, 0.1) is 12.7 Å². The molecule has 1 aromatic carbocycles. The number of methoxy groups -OCH3 is 1. The second-order valence-electron chi connectivity index (χ2n) is 7.75. The molecule has 1 saturated carbocycles. The number of nitrogens with zero attached hydrogens (tertiary/aromatic N) is 1. The first-order valence-electron chi connectivity index (χ1n) is 10.2. The standard InChI is InChI=1S/C21H31N3O4/c1-14(20(22)25)23-21(26)18-13-17(27-2)7-8-19(18)28-16-9-11-24(12-10-16)15-5-3-4-6-15/h7-8,13-16H,3-6,9-12H2,1-2H3,(H2,22,25)(H,23,26)/t14-/m0/s1. The van der Waals surface area contributed by atoms with Gasteiger partial charge in [-0.3, -0.25) is 9.59 Å². The highest BCUT2D eigenvalue weighted by molar-refractivity contribution is 5.99. The number of primary amides is 1. The van der Waals surface area contributed by atoms with Gasteiger partial charge in [-0.2, -0.15) is 0 Å². The average molecular weight is 389 g/mol. The maximum atomic E-state index is 12.7. The number of amides is 2. The summed E-state index contributed by atoms with van der Waals surface area (Å²) in [7, 11) is 1.54. The zero-order valence-electron chi connectivity index (χ0n) is 16.8. The molecule has 0 bridgehead atoms. The molecule has 3 N–H and O–H groups in total. The van der Waals surface area contributed by atoms with Crippen molar-refractivity contribution in [3.05, 3.63) is 23.8 Å². The summed E-state index contributed by atoms with van der Waals surface area (Å²) in [4.78, 5) is 26.5. The highest BCUT2D eigenvalue weighted by Gasteiger charge is 2.28. The molecule has 1 saturated heterocycles. The predicted molar refractivity (Wildman–Crippen MR) is 107 cm³/mol. The van der Waals surface area contributed by atoms with Crippen molar-refractivity contribution >= 4 is 11.8 Å². The van der Waals surface area contributed by atoms with Crippen LogP contribution in [0.5, 0.6) is 11.5 Å². The van der Waals surface area contributed by atoms with Gasteiger partial charge in [0, 0.05) is 19.1 Å². The van der Waals surface area contributed by atoms with Crippen LogP contribution in [0, 0.1) is 0 Å². The van der Waals surface area contributed by atoms with Gasteiger partial charge in [-0.25, -0.2) is 0 Å². The van der Waals surface area contributed by atoms with Crippen molar-refractivity contribution in [1.29, 1.82) is 0 Å². The molecule has 0 spiro atoms. The minimum atomic E-state index is -0.763. The number of ether oxygens (including phenoxy) is 2. The maximum absolute atomic E-state index is 12.7. The maximum Gasteiger partial charge on any atom is 0.255 e. The molecular weight excluding hydrogens is 358 g/mol. The van der Waals surface area contributed by atoms with E-state index in [2.05, 4.69) is 10.2 Å². The molecule has 0 aromatic heterocycles. The summed E-state index contributed by atoms with van der Waals surface area (Å²) in [5.74, 6) is 0.0798. The second-order valence-corrected chi connectivity index (χ2v) is 7.75. The van der Waals surface area contributed by atoms with Gasteiger partial charge >= 0.3 is 0 Å². The Bertz CT molecular complexity index is 695. The van der Waals surface area contributed by atoms with Crippen molar-refractivity contribution in [2.75, 3.05) is 20.2 Å². The smallest absolute Gasteiger partial charge is 0.255 e. The van der Waals surface area contributed by atoms with E-state index >= 15 is 0 Å². The van der Waals surface area contributed by atoms with Gasteiger partial charge in [0.15, 0.2) is 0 Å². The molecule has 2 fully saturated rings. The third-order valence-corrected chi connectivity index (χ3v) is 5.82. The van der Waals surface area contributed by atoms with Crippen LogP contribution >= 0.6 is 0 Å². The predicted octanol–water partition coefficient (Wildman–Crippen LogP) is 2.08. The van der Waals surface area contributed by atoms with Crippen molar-refractivity contribution < 1.29 is 19.1 Å². The van der Waals surface area contributed by atoms with Gasteiger partial charge in [0.25, 0.3) is 5.91 Å². The van der Waals surface area contributed by atoms with Gasteiger partial charge in [0.1, 0.15) is 23.6 Å². The molecule has 1 aliphatic heterocycles. The van der Waals surface area contributed by atoms with Crippen LogP contribution in [0.15, 0.2) is 18.2 Å². The zero-order valence-corrected chi connectivity index (χ0v) is 16.8. The lowest BCUT2D eigenvalue weighted by Crippen LogP contribution is -2.43. The SMILES string of the molecule is COc1ccc(OC2CCN(C3CCCC3)CC2)c(C(=O)N[C@@H](C)C(N)=O)c1. The number of likely N-dealkylation sites (tertiary alicyclic amines) is 1. The van der Waals surface area contributed by atoms with E-state index in [1.807, 2.05) is 0 Å². The normalized spacial score (nSPS) is 19.9. The Morgan fingerprint density at radius 2 is 1.86 bits per heavy atom. The number of carbonyl (C=O) groups is 2. The minimum Gasteiger partial charge on any atom is -0.497 e. The van der Waals surface area contributed by atoms with E-state index in [0.717, 1.165) is 32.0 Å². The van der Waals surface area contributed by atoms with Crippen molar-refractivity contribution in [3.63, 3.8) is 0 Å². The topological polar surface area (TPSA) is 93.9 Å². The molecule has 0 unspecified atom stereocenters. The number of carbonyl (C=O) groups excluding carboxylic acids is 2. The fourth-order valence-corrected chi connectivity index (χ4v) is 4.07. The van der Waals surface area contributed by atoms with Gasteiger partial charge < -0.3 is 25.4 Å². The largest absolute Gasteiger partial charge is 0.497 e. The van der Waals surface area contributed by atoms with Crippen LogP contribution in [0.3, 0.4) is 0 Å². The molecular formula is C21H31N3O4. The molecule has 3 rings (SSSR count). The summed E-state index contributed by atoms with van der Waals surface area (Å²) in [5, 5.41) is 2.61. The van der Waals surface area contributed by atoms with Crippen LogP contribution in [-0.4, -0.2) is 55.1 Å². The number of hydrogen-bond acceptors (Lipinski definition) is 5.